The van der Waals surface area contributed by atoms with E-state index in [9.17, 15) is 15.0 Å². The number of rotatable bonds is 4. The highest BCUT2D eigenvalue weighted by molar-refractivity contribution is 5.91. The Morgan fingerprint density at radius 1 is 1.12 bits per heavy atom. The monoisotopic (exact) mass is 338 g/mol. The van der Waals surface area contributed by atoms with Gasteiger partial charge in [-0.2, -0.15) is 0 Å². The van der Waals surface area contributed by atoms with Crippen LogP contribution in [0, 0.1) is 0 Å². The van der Waals surface area contributed by atoms with Crippen LogP contribution in [0.3, 0.4) is 0 Å². The summed E-state index contributed by atoms with van der Waals surface area (Å²) in [7, 11) is 1.48. The SMILES string of the molecule is COc1cc(/C=C/C2=CC(=O)CC(c3ccc(O)cc3)O2)ccc1O. The average molecular weight is 338 g/mol. The van der Waals surface area contributed by atoms with Gasteiger partial charge in [0, 0.05) is 6.08 Å². The fourth-order valence-corrected chi connectivity index (χ4v) is 2.58. The third-order valence-corrected chi connectivity index (χ3v) is 3.88. The normalized spacial score (nSPS) is 17.2. The van der Waals surface area contributed by atoms with Gasteiger partial charge in [-0.15, -0.1) is 0 Å². The summed E-state index contributed by atoms with van der Waals surface area (Å²) in [6, 6.07) is 11.6. The van der Waals surface area contributed by atoms with Crippen LogP contribution in [0.2, 0.25) is 0 Å². The number of allylic oxidation sites excluding steroid dienone is 2. The Bertz CT molecular complexity index is 834. The van der Waals surface area contributed by atoms with Gasteiger partial charge in [-0.3, -0.25) is 4.79 Å². The first-order valence-corrected chi connectivity index (χ1v) is 7.80. The predicted molar refractivity (Wildman–Crippen MR) is 93.3 cm³/mol. The number of ether oxygens (including phenoxy) is 2. The topological polar surface area (TPSA) is 76.0 Å². The molecule has 0 saturated carbocycles. The highest BCUT2D eigenvalue weighted by Gasteiger charge is 2.22. The lowest BCUT2D eigenvalue weighted by Gasteiger charge is -2.23. The summed E-state index contributed by atoms with van der Waals surface area (Å²) in [4.78, 5) is 12.0. The lowest BCUT2D eigenvalue weighted by Crippen LogP contribution is -2.14. The molecule has 0 amide bonds. The van der Waals surface area contributed by atoms with Crippen molar-refractivity contribution in [2.24, 2.45) is 0 Å². The van der Waals surface area contributed by atoms with Crippen LogP contribution in [0.1, 0.15) is 23.7 Å². The molecule has 1 heterocycles. The number of ketones is 1. The van der Waals surface area contributed by atoms with E-state index >= 15 is 0 Å². The van der Waals surface area contributed by atoms with Crippen LogP contribution < -0.4 is 4.74 Å². The van der Waals surface area contributed by atoms with Crippen LogP contribution in [0.15, 0.2) is 60.4 Å². The van der Waals surface area contributed by atoms with E-state index in [1.54, 1.807) is 54.6 Å². The van der Waals surface area contributed by atoms with E-state index < -0.39 is 0 Å². The quantitative estimate of drug-likeness (QED) is 0.888. The van der Waals surface area contributed by atoms with Crippen molar-refractivity contribution < 1.29 is 24.5 Å². The summed E-state index contributed by atoms with van der Waals surface area (Å²) in [6.45, 7) is 0. The van der Waals surface area contributed by atoms with Gasteiger partial charge in [-0.25, -0.2) is 0 Å². The van der Waals surface area contributed by atoms with Gasteiger partial charge in [0.1, 0.15) is 17.6 Å². The number of hydrogen-bond acceptors (Lipinski definition) is 5. The van der Waals surface area contributed by atoms with Gasteiger partial charge < -0.3 is 19.7 Å². The van der Waals surface area contributed by atoms with Crippen molar-refractivity contribution in [1.29, 1.82) is 0 Å². The van der Waals surface area contributed by atoms with Gasteiger partial charge in [-0.05, 0) is 41.5 Å². The van der Waals surface area contributed by atoms with Crippen LogP contribution in [-0.2, 0) is 9.53 Å². The summed E-state index contributed by atoms with van der Waals surface area (Å²) in [5.74, 6) is 1.05. The molecule has 2 N–H and O–H groups in total. The second kappa shape index (κ2) is 7.13. The Kier molecular flexibility index (Phi) is 4.75. The molecular formula is C20H18O5. The zero-order valence-electron chi connectivity index (χ0n) is 13.7. The number of phenolic OH excluding ortho intramolecular Hbond substituents is 2. The second-order valence-electron chi connectivity index (χ2n) is 5.68. The van der Waals surface area contributed by atoms with E-state index in [0.717, 1.165) is 11.1 Å². The largest absolute Gasteiger partial charge is 0.508 e. The molecule has 1 atom stereocenters. The molecule has 0 bridgehead atoms. The summed E-state index contributed by atoms with van der Waals surface area (Å²) in [5.41, 5.74) is 1.63. The maximum Gasteiger partial charge on any atom is 0.163 e. The number of carbonyl (C=O) groups is 1. The Hall–Kier alpha value is -3.21. The molecule has 2 aromatic rings. The minimum atomic E-state index is -0.382. The van der Waals surface area contributed by atoms with E-state index in [2.05, 4.69) is 0 Å². The molecule has 0 radical (unpaired) electrons. The molecule has 5 nitrogen and oxygen atoms in total. The summed E-state index contributed by atoms with van der Waals surface area (Å²) >= 11 is 0. The molecule has 0 aliphatic carbocycles. The first kappa shape index (κ1) is 16.6. The Balaban J connectivity index is 1.77. The Labute approximate surface area is 145 Å². The fraction of sp³-hybridized carbons (Fsp3) is 0.150. The first-order valence-electron chi connectivity index (χ1n) is 7.80. The van der Waals surface area contributed by atoms with Crippen LogP contribution in [-0.4, -0.2) is 23.1 Å². The summed E-state index contributed by atoms with van der Waals surface area (Å²) in [5, 5.41) is 19.0. The zero-order chi connectivity index (χ0) is 17.8. The van der Waals surface area contributed by atoms with Crippen LogP contribution in [0.25, 0.3) is 6.08 Å². The highest BCUT2D eigenvalue weighted by atomic mass is 16.5. The molecule has 1 aliphatic rings. The average Bonchev–Trinajstić information content (AvgIpc) is 2.61. The van der Waals surface area contributed by atoms with Gasteiger partial charge in [0.15, 0.2) is 17.3 Å². The van der Waals surface area contributed by atoms with E-state index in [1.165, 1.54) is 13.2 Å². The molecule has 3 rings (SSSR count). The number of hydrogen-bond donors (Lipinski definition) is 2. The highest BCUT2D eigenvalue weighted by Crippen LogP contribution is 2.31. The lowest BCUT2D eigenvalue weighted by atomic mass is 10.0. The maximum absolute atomic E-state index is 12.0. The smallest absolute Gasteiger partial charge is 0.163 e. The van der Waals surface area contributed by atoms with E-state index in [1.807, 2.05) is 0 Å². The van der Waals surface area contributed by atoms with Crippen molar-refractivity contribution in [1.82, 2.24) is 0 Å². The minimum Gasteiger partial charge on any atom is -0.508 e. The van der Waals surface area contributed by atoms with Crippen LogP contribution in [0.5, 0.6) is 17.2 Å². The first-order chi connectivity index (χ1) is 12.0. The number of benzene rings is 2. The Morgan fingerprint density at radius 3 is 2.60 bits per heavy atom. The second-order valence-corrected chi connectivity index (χ2v) is 5.68. The third kappa shape index (κ3) is 4.01. The Morgan fingerprint density at radius 2 is 1.88 bits per heavy atom. The van der Waals surface area contributed by atoms with Gasteiger partial charge in [0.2, 0.25) is 0 Å². The van der Waals surface area contributed by atoms with Crippen LogP contribution >= 0.6 is 0 Å². The number of methoxy groups -OCH3 is 1. The van der Waals surface area contributed by atoms with E-state index in [-0.39, 0.29) is 29.8 Å². The fourth-order valence-electron chi connectivity index (χ4n) is 2.58. The van der Waals surface area contributed by atoms with Gasteiger partial charge in [0.25, 0.3) is 0 Å². The number of phenols is 2. The zero-order valence-corrected chi connectivity index (χ0v) is 13.7. The molecule has 0 spiro atoms. The van der Waals surface area contributed by atoms with Crippen molar-refractivity contribution in [3.63, 3.8) is 0 Å². The molecule has 0 aromatic heterocycles. The summed E-state index contributed by atoms with van der Waals surface area (Å²) in [6.07, 6.45) is 4.82. The van der Waals surface area contributed by atoms with Gasteiger partial charge in [-0.1, -0.05) is 24.3 Å². The van der Waals surface area contributed by atoms with Gasteiger partial charge in [0.05, 0.1) is 13.5 Å². The minimum absolute atomic E-state index is 0.0211. The van der Waals surface area contributed by atoms with E-state index in [4.69, 9.17) is 9.47 Å². The lowest BCUT2D eigenvalue weighted by molar-refractivity contribution is -0.118. The standard InChI is InChI=1S/C20H18O5/c1-24-20-10-13(3-9-18(20)23)2-8-17-11-16(22)12-19(25-17)14-4-6-15(21)7-5-14/h2-11,19,21,23H,12H2,1H3/b8-2+. The molecule has 0 fully saturated rings. The van der Waals surface area contributed by atoms with Crippen molar-refractivity contribution in [3.8, 4) is 17.2 Å². The third-order valence-electron chi connectivity index (χ3n) is 3.88. The van der Waals surface area contributed by atoms with Crippen molar-refractivity contribution in [2.75, 3.05) is 7.11 Å². The maximum atomic E-state index is 12.0. The molecule has 25 heavy (non-hydrogen) atoms. The molecule has 128 valence electrons. The van der Waals surface area contributed by atoms with E-state index in [0.29, 0.717) is 11.5 Å². The molecule has 2 aromatic carbocycles. The van der Waals surface area contributed by atoms with Crippen molar-refractivity contribution in [3.05, 3.63) is 71.5 Å². The molecule has 0 saturated heterocycles. The number of aromatic hydroxyl groups is 2. The number of carbonyl (C=O) groups excluding carboxylic acids is 1. The molecule has 1 unspecified atom stereocenters. The van der Waals surface area contributed by atoms with Crippen molar-refractivity contribution >= 4 is 11.9 Å². The molecule has 1 aliphatic heterocycles. The van der Waals surface area contributed by atoms with Crippen LogP contribution in [0.4, 0.5) is 0 Å². The van der Waals surface area contributed by atoms with Crippen molar-refractivity contribution in [2.45, 2.75) is 12.5 Å². The molecule has 5 heteroatoms. The summed E-state index contributed by atoms with van der Waals surface area (Å²) < 4.78 is 11.0. The van der Waals surface area contributed by atoms with Gasteiger partial charge >= 0.3 is 0 Å². The molecular weight excluding hydrogens is 320 g/mol. The predicted octanol–water partition coefficient (Wildman–Crippen LogP) is 3.73.